The van der Waals surface area contributed by atoms with E-state index in [9.17, 15) is 0 Å². The molecule has 4 heteroatoms. The van der Waals surface area contributed by atoms with Crippen LogP contribution in [0.3, 0.4) is 0 Å². The Hall–Kier alpha value is -1.07. The quantitative estimate of drug-likeness (QED) is 0.423. The fourth-order valence-electron chi connectivity index (χ4n) is 2.47. The van der Waals surface area contributed by atoms with E-state index in [1.165, 1.54) is 14.7 Å². The van der Waals surface area contributed by atoms with Crippen LogP contribution < -0.4 is 0 Å². The molecule has 0 N–H and O–H groups in total. The molecule has 1 atom stereocenters. The molecule has 0 saturated heterocycles. The number of aryl methyl sites for hydroxylation is 1. The smallest absolute Gasteiger partial charge is 0.128 e. The van der Waals surface area contributed by atoms with Gasteiger partial charge in [-0.1, -0.05) is 29.8 Å². The van der Waals surface area contributed by atoms with Gasteiger partial charge in [0.1, 0.15) is 5.82 Å². The predicted octanol–water partition coefficient (Wildman–Crippen LogP) is 5.30. The molecule has 0 spiro atoms. The Bertz CT molecular complexity index is 775. The number of fused-ring (bicyclic) bond motifs is 1. The van der Waals surface area contributed by atoms with Crippen molar-refractivity contribution in [2.45, 2.75) is 25.8 Å². The average molecular weight is 411 g/mol. The van der Waals surface area contributed by atoms with Gasteiger partial charge in [-0.15, -0.1) is 11.6 Å². The number of rotatable bonds is 3. The summed E-state index contributed by atoms with van der Waals surface area (Å²) in [5, 5.41) is -0.111. The van der Waals surface area contributed by atoms with E-state index >= 15 is 0 Å². The zero-order chi connectivity index (χ0) is 15.0. The molecular formula is C17H16ClIN2. The summed E-state index contributed by atoms with van der Waals surface area (Å²) >= 11 is 8.64. The monoisotopic (exact) mass is 410 g/mol. The van der Waals surface area contributed by atoms with Crippen molar-refractivity contribution in [3.8, 4) is 0 Å². The molecule has 0 bridgehead atoms. The van der Waals surface area contributed by atoms with Crippen LogP contribution in [0, 0.1) is 10.5 Å². The molecule has 1 unspecified atom stereocenters. The number of nitrogens with zero attached hydrogens (tertiary/aromatic N) is 2. The first-order valence-electron chi connectivity index (χ1n) is 6.90. The van der Waals surface area contributed by atoms with E-state index in [0.29, 0.717) is 0 Å². The summed E-state index contributed by atoms with van der Waals surface area (Å²) in [6.45, 7) is 4.87. The van der Waals surface area contributed by atoms with Gasteiger partial charge < -0.3 is 4.57 Å². The van der Waals surface area contributed by atoms with Gasteiger partial charge in [-0.2, -0.15) is 0 Å². The lowest BCUT2D eigenvalue weighted by atomic mass is 10.1. The molecule has 3 rings (SSSR count). The Morgan fingerprint density at radius 2 is 1.90 bits per heavy atom. The SMILES string of the molecule is Cc1ccc(Cn2c(C(C)Cl)nc3cc(I)ccc32)cc1. The topological polar surface area (TPSA) is 17.8 Å². The minimum absolute atomic E-state index is 0.111. The van der Waals surface area contributed by atoms with Gasteiger partial charge in [0, 0.05) is 10.1 Å². The van der Waals surface area contributed by atoms with Gasteiger partial charge in [0.15, 0.2) is 0 Å². The van der Waals surface area contributed by atoms with Crippen LogP contribution in [-0.2, 0) is 6.54 Å². The van der Waals surface area contributed by atoms with Gasteiger partial charge in [-0.3, -0.25) is 0 Å². The highest BCUT2D eigenvalue weighted by molar-refractivity contribution is 14.1. The Kier molecular flexibility index (Phi) is 4.22. The van der Waals surface area contributed by atoms with E-state index in [-0.39, 0.29) is 5.38 Å². The second kappa shape index (κ2) is 5.97. The molecule has 0 aliphatic rings. The number of halogens is 2. The molecule has 0 saturated carbocycles. The zero-order valence-electron chi connectivity index (χ0n) is 12.0. The van der Waals surface area contributed by atoms with Crippen LogP contribution in [0.5, 0.6) is 0 Å². The van der Waals surface area contributed by atoms with Gasteiger partial charge >= 0.3 is 0 Å². The number of alkyl halides is 1. The van der Waals surface area contributed by atoms with Crippen molar-refractivity contribution >= 4 is 45.2 Å². The largest absolute Gasteiger partial charge is 0.322 e. The molecular weight excluding hydrogens is 395 g/mol. The van der Waals surface area contributed by atoms with E-state index < -0.39 is 0 Å². The highest BCUT2D eigenvalue weighted by atomic mass is 127. The number of imidazole rings is 1. The summed E-state index contributed by atoms with van der Waals surface area (Å²) in [5.41, 5.74) is 4.68. The van der Waals surface area contributed by atoms with Crippen LogP contribution >= 0.6 is 34.2 Å². The first-order chi connectivity index (χ1) is 10.0. The zero-order valence-corrected chi connectivity index (χ0v) is 14.9. The van der Waals surface area contributed by atoms with Crippen molar-refractivity contribution in [2.24, 2.45) is 0 Å². The normalized spacial score (nSPS) is 12.8. The molecule has 21 heavy (non-hydrogen) atoms. The third-order valence-electron chi connectivity index (χ3n) is 3.56. The van der Waals surface area contributed by atoms with E-state index in [4.69, 9.17) is 16.6 Å². The molecule has 0 aliphatic carbocycles. The van der Waals surface area contributed by atoms with E-state index in [0.717, 1.165) is 23.4 Å². The highest BCUT2D eigenvalue weighted by Gasteiger charge is 2.15. The van der Waals surface area contributed by atoms with Crippen LogP contribution in [0.25, 0.3) is 11.0 Å². The molecule has 0 radical (unpaired) electrons. The van der Waals surface area contributed by atoms with Crippen LogP contribution in [0.15, 0.2) is 42.5 Å². The van der Waals surface area contributed by atoms with Gasteiger partial charge in [0.05, 0.1) is 16.4 Å². The summed E-state index contributed by atoms with van der Waals surface area (Å²) in [6.07, 6.45) is 0. The predicted molar refractivity (Wildman–Crippen MR) is 97.0 cm³/mol. The Labute approximate surface area is 143 Å². The molecule has 1 heterocycles. The maximum atomic E-state index is 6.33. The van der Waals surface area contributed by atoms with Crippen molar-refractivity contribution in [3.63, 3.8) is 0 Å². The minimum Gasteiger partial charge on any atom is -0.322 e. The standard InChI is InChI=1S/C17H16ClIN2/c1-11-3-5-13(6-4-11)10-21-16-8-7-14(19)9-15(16)20-17(21)12(2)18/h3-9,12H,10H2,1-2H3. The number of hydrogen-bond acceptors (Lipinski definition) is 1. The van der Waals surface area contributed by atoms with Gasteiger partial charge in [-0.05, 0) is 60.2 Å². The lowest BCUT2D eigenvalue weighted by molar-refractivity contribution is 0.742. The summed E-state index contributed by atoms with van der Waals surface area (Å²) in [4.78, 5) is 4.71. The van der Waals surface area contributed by atoms with Crippen LogP contribution in [0.2, 0.25) is 0 Å². The minimum atomic E-state index is -0.111. The third-order valence-corrected chi connectivity index (χ3v) is 4.42. The highest BCUT2D eigenvalue weighted by Crippen LogP contribution is 2.26. The van der Waals surface area contributed by atoms with Crippen molar-refractivity contribution in [1.29, 1.82) is 0 Å². The molecule has 0 amide bonds. The lowest BCUT2D eigenvalue weighted by Crippen LogP contribution is -2.05. The average Bonchev–Trinajstić information content (AvgIpc) is 2.79. The summed E-state index contributed by atoms with van der Waals surface area (Å²) in [6, 6.07) is 14.9. The van der Waals surface area contributed by atoms with E-state index in [2.05, 4.69) is 76.5 Å². The summed E-state index contributed by atoms with van der Waals surface area (Å²) < 4.78 is 3.40. The van der Waals surface area contributed by atoms with Gasteiger partial charge in [0.2, 0.25) is 0 Å². The van der Waals surface area contributed by atoms with E-state index in [1.54, 1.807) is 0 Å². The first-order valence-corrected chi connectivity index (χ1v) is 8.41. The van der Waals surface area contributed by atoms with Crippen LogP contribution in [0.4, 0.5) is 0 Å². The second-order valence-electron chi connectivity index (χ2n) is 5.29. The van der Waals surface area contributed by atoms with Crippen molar-refractivity contribution in [3.05, 3.63) is 63.0 Å². The van der Waals surface area contributed by atoms with E-state index in [1.807, 2.05) is 6.92 Å². The molecule has 0 aliphatic heterocycles. The Morgan fingerprint density at radius 3 is 2.57 bits per heavy atom. The second-order valence-corrected chi connectivity index (χ2v) is 7.19. The number of aromatic nitrogens is 2. The number of benzene rings is 2. The first kappa shape index (κ1) is 14.9. The maximum absolute atomic E-state index is 6.33. The van der Waals surface area contributed by atoms with Crippen molar-refractivity contribution in [2.75, 3.05) is 0 Å². The summed E-state index contributed by atoms with van der Waals surface area (Å²) in [7, 11) is 0. The molecule has 3 aromatic rings. The Morgan fingerprint density at radius 1 is 1.19 bits per heavy atom. The third kappa shape index (κ3) is 3.09. The van der Waals surface area contributed by atoms with Gasteiger partial charge in [0.25, 0.3) is 0 Å². The van der Waals surface area contributed by atoms with Crippen LogP contribution in [0.1, 0.15) is 29.3 Å². The number of hydrogen-bond donors (Lipinski definition) is 0. The van der Waals surface area contributed by atoms with Crippen molar-refractivity contribution in [1.82, 2.24) is 9.55 Å². The maximum Gasteiger partial charge on any atom is 0.128 e. The fourth-order valence-corrected chi connectivity index (χ4v) is 3.11. The summed E-state index contributed by atoms with van der Waals surface area (Å²) in [5.74, 6) is 0.925. The molecule has 2 aromatic carbocycles. The molecule has 108 valence electrons. The fraction of sp³-hybridized carbons (Fsp3) is 0.235. The molecule has 0 fully saturated rings. The molecule has 1 aromatic heterocycles. The molecule has 2 nitrogen and oxygen atoms in total. The van der Waals surface area contributed by atoms with Crippen LogP contribution in [-0.4, -0.2) is 9.55 Å². The van der Waals surface area contributed by atoms with Gasteiger partial charge in [-0.25, -0.2) is 4.98 Å². The van der Waals surface area contributed by atoms with Crippen molar-refractivity contribution < 1.29 is 0 Å². The lowest BCUT2D eigenvalue weighted by Gasteiger charge is -2.11. The Balaban J connectivity index is 2.10.